The number of allylic oxidation sites excluding steroid dienone is 2. The third kappa shape index (κ3) is 5.28. The lowest BCUT2D eigenvalue weighted by atomic mass is 10.2. The molecule has 0 unspecified atom stereocenters. The summed E-state index contributed by atoms with van der Waals surface area (Å²) in [6.45, 7) is 3.95. The first-order valence-electron chi connectivity index (χ1n) is 3.46. The van der Waals surface area contributed by atoms with Crippen LogP contribution in [0.1, 0.15) is 33.1 Å². The molecule has 0 aliphatic rings. The van der Waals surface area contributed by atoms with Crippen LogP contribution in [-0.2, 0) is 4.79 Å². The molecule has 1 heteroatoms. The zero-order chi connectivity index (χ0) is 7.11. The van der Waals surface area contributed by atoms with Crippen LogP contribution in [0.15, 0.2) is 12.2 Å². The van der Waals surface area contributed by atoms with E-state index in [2.05, 4.69) is 6.92 Å². The molecule has 0 radical (unpaired) electrons. The zero-order valence-corrected chi connectivity index (χ0v) is 6.18. The molecule has 52 valence electrons. The molecule has 0 fully saturated rings. The van der Waals surface area contributed by atoms with Gasteiger partial charge in [0.1, 0.15) is 0 Å². The average molecular weight is 126 g/mol. The van der Waals surface area contributed by atoms with Crippen LogP contribution in [0.4, 0.5) is 0 Å². The first-order valence-corrected chi connectivity index (χ1v) is 3.46. The number of rotatable bonds is 4. The predicted octanol–water partition coefficient (Wildman–Crippen LogP) is 2.32. The molecular formula is C8H14O. The van der Waals surface area contributed by atoms with Crippen molar-refractivity contribution in [1.82, 2.24) is 0 Å². The van der Waals surface area contributed by atoms with Crippen molar-refractivity contribution in [2.45, 2.75) is 33.1 Å². The topological polar surface area (TPSA) is 17.1 Å². The fraction of sp³-hybridized carbons (Fsp3) is 0.625. The maximum atomic E-state index is 10.7. The minimum atomic E-state index is 0.249. The summed E-state index contributed by atoms with van der Waals surface area (Å²) in [6.07, 6.45) is 6.25. The van der Waals surface area contributed by atoms with E-state index in [9.17, 15) is 4.79 Å². The maximum absolute atomic E-state index is 10.7. The molecule has 0 aromatic carbocycles. The van der Waals surface area contributed by atoms with E-state index in [1.165, 1.54) is 0 Å². The van der Waals surface area contributed by atoms with Gasteiger partial charge in [-0.3, -0.25) is 4.79 Å². The van der Waals surface area contributed by atoms with Crippen LogP contribution in [0.5, 0.6) is 0 Å². The summed E-state index contributed by atoms with van der Waals surface area (Å²) in [5, 5.41) is 0. The first-order chi connectivity index (χ1) is 4.31. The molecule has 1 nitrogen and oxygen atoms in total. The molecule has 0 saturated heterocycles. The molecule has 0 bridgehead atoms. The molecule has 0 atom stereocenters. The molecular weight excluding hydrogens is 112 g/mol. The van der Waals surface area contributed by atoms with Crippen LogP contribution in [0.3, 0.4) is 0 Å². The Morgan fingerprint density at radius 3 is 2.67 bits per heavy atom. The number of carbonyl (C=O) groups is 1. The van der Waals surface area contributed by atoms with Crippen molar-refractivity contribution in [1.29, 1.82) is 0 Å². The van der Waals surface area contributed by atoms with E-state index in [4.69, 9.17) is 0 Å². The van der Waals surface area contributed by atoms with Gasteiger partial charge in [-0.1, -0.05) is 19.4 Å². The van der Waals surface area contributed by atoms with Crippen molar-refractivity contribution in [2.75, 3.05) is 0 Å². The Morgan fingerprint density at radius 2 is 2.22 bits per heavy atom. The number of hydrogen-bond donors (Lipinski definition) is 0. The quantitative estimate of drug-likeness (QED) is 0.528. The fourth-order valence-electron chi connectivity index (χ4n) is 0.620. The van der Waals surface area contributed by atoms with Crippen molar-refractivity contribution >= 4 is 5.78 Å². The Labute approximate surface area is 56.8 Å². The molecule has 0 aliphatic carbocycles. The maximum Gasteiger partial charge on any atom is 0.155 e. The number of unbranched alkanes of at least 4 members (excludes halogenated alkanes) is 1. The van der Waals surface area contributed by atoms with Gasteiger partial charge in [-0.2, -0.15) is 0 Å². The summed E-state index contributed by atoms with van der Waals surface area (Å²) in [4.78, 5) is 10.7. The highest BCUT2D eigenvalue weighted by molar-refractivity contribution is 5.89. The lowest BCUT2D eigenvalue weighted by Crippen LogP contribution is -1.90. The second-order valence-corrected chi connectivity index (χ2v) is 2.07. The van der Waals surface area contributed by atoms with Crippen LogP contribution in [0, 0.1) is 0 Å². The minimum Gasteiger partial charge on any atom is -0.295 e. The highest BCUT2D eigenvalue weighted by Gasteiger charge is 1.91. The van der Waals surface area contributed by atoms with E-state index < -0.39 is 0 Å². The van der Waals surface area contributed by atoms with Crippen molar-refractivity contribution in [3.05, 3.63) is 12.2 Å². The minimum absolute atomic E-state index is 0.249. The number of hydrogen-bond acceptors (Lipinski definition) is 1. The standard InChI is InChI=1S/C8H14O/c1-3-5-7-8(9)6-4-2/h4,6H,3,5,7H2,1-2H3/b6-4+. The number of ketones is 1. The summed E-state index contributed by atoms with van der Waals surface area (Å²) in [5.74, 6) is 0.249. The van der Waals surface area contributed by atoms with E-state index in [1.54, 1.807) is 12.2 Å². The van der Waals surface area contributed by atoms with Gasteiger partial charge in [-0.25, -0.2) is 0 Å². The van der Waals surface area contributed by atoms with Crippen molar-refractivity contribution in [2.24, 2.45) is 0 Å². The van der Waals surface area contributed by atoms with E-state index in [1.807, 2.05) is 6.92 Å². The van der Waals surface area contributed by atoms with Crippen LogP contribution >= 0.6 is 0 Å². The fourth-order valence-corrected chi connectivity index (χ4v) is 0.620. The second kappa shape index (κ2) is 5.54. The SMILES string of the molecule is C/C=C/C(=O)CCCC. The highest BCUT2D eigenvalue weighted by Crippen LogP contribution is 1.95. The molecule has 0 spiro atoms. The van der Waals surface area contributed by atoms with E-state index >= 15 is 0 Å². The molecule has 9 heavy (non-hydrogen) atoms. The third-order valence-electron chi connectivity index (χ3n) is 1.13. The lowest BCUT2D eigenvalue weighted by molar-refractivity contribution is -0.114. The average Bonchev–Trinajstić information content (AvgIpc) is 1.85. The summed E-state index contributed by atoms with van der Waals surface area (Å²) >= 11 is 0. The van der Waals surface area contributed by atoms with Crippen LogP contribution < -0.4 is 0 Å². The lowest BCUT2D eigenvalue weighted by Gasteiger charge is -1.89. The molecule has 0 N–H and O–H groups in total. The Hall–Kier alpha value is -0.590. The Morgan fingerprint density at radius 1 is 1.56 bits per heavy atom. The van der Waals surface area contributed by atoms with E-state index in [0.29, 0.717) is 6.42 Å². The predicted molar refractivity (Wildman–Crippen MR) is 39.3 cm³/mol. The Balaban J connectivity index is 3.27. The summed E-state index contributed by atoms with van der Waals surface area (Å²) in [5.41, 5.74) is 0. The monoisotopic (exact) mass is 126 g/mol. The summed E-state index contributed by atoms with van der Waals surface area (Å²) in [7, 11) is 0. The smallest absolute Gasteiger partial charge is 0.155 e. The van der Waals surface area contributed by atoms with Gasteiger partial charge < -0.3 is 0 Å². The van der Waals surface area contributed by atoms with Gasteiger partial charge in [0, 0.05) is 6.42 Å². The Kier molecular flexibility index (Phi) is 5.18. The molecule has 0 saturated carbocycles. The number of carbonyl (C=O) groups excluding carboxylic acids is 1. The summed E-state index contributed by atoms with van der Waals surface area (Å²) in [6, 6.07) is 0. The third-order valence-corrected chi connectivity index (χ3v) is 1.13. The van der Waals surface area contributed by atoms with Gasteiger partial charge in [0.25, 0.3) is 0 Å². The Bertz CT molecular complexity index is 103. The van der Waals surface area contributed by atoms with Crippen molar-refractivity contribution < 1.29 is 4.79 Å². The van der Waals surface area contributed by atoms with Crippen LogP contribution in [0.2, 0.25) is 0 Å². The first kappa shape index (κ1) is 8.41. The highest BCUT2D eigenvalue weighted by atomic mass is 16.1. The molecule has 0 rings (SSSR count). The van der Waals surface area contributed by atoms with Gasteiger partial charge in [-0.05, 0) is 19.4 Å². The summed E-state index contributed by atoms with van der Waals surface area (Å²) < 4.78 is 0. The zero-order valence-electron chi connectivity index (χ0n) is 6.18. The van der Waals surface area contributed by atoms with Gasteiger partial charge in [0.2, 0.25) is 0 Å². The molecule has 0 aromatic heterocycles. The van der Waals surface area contributed by atoms with E-state index in [0.717, 1.165) is 12.8 Å². The van der Waals surface area contributed by atoms with Crippen molar-refractivity contribution in [3.8, 4) is 0 Å². The van der Waals surface area contributed by atoms with Gasteiger partial charge in [-0.15, -0.1) is 0 Å². The van der Waals surface area contributed by atoms with Crippen LogP contribution in [-0.4, -0.2) is 5.78 Å². The molecule has 0 aliphatic heterocycles. The molecule has 0 heterocycles. The van der Waals surface area contributed by atoms with Gasteiger partial charge in [0.05, 0.1) is 0 Å². The molecule has 0 aromatic rings. The van der Waals surface area contributed by atoms with Gasteiger partial charge in [0.15, 0.2) is 5.78 Å². The van der Waals surface area contributed by atoms with Crippen molar-refractivity contribution in [3.63, 3.8) is 0 Å². The van der Waals surface area contributed by atoms with Crippen LogP contribution in [0.25, 0.3) is 0 Å². The second-order valence-electron chi connectivity index (χ2n) is 2.07. The van der Waals surface area contributed by atoms with E-state index in [-0.39, 0.29) is 5.78 Å². The van der Waals surface area contributed by atoms with Gasteiger partial charge >= 0.3 is 0 Å². The largest absolute Gasteiger partial charge is 0.295 e. The molecule has 0 amide bonds. The normalized spacial score (nSPS) is 10.4.